The largest absolute Gasteiger partial charge is 0.393 e. The Kier molecular flexibility index (Phi) is 4.10. The van der Waals surface area contributed by atoms with Gasteiger partial charge < -0.3 is 15.3 Å². The molecule has 0 bridgehead atoms. The molecular formula is C16H25N3O. The van der Waals surface area contributed by atoms with Crippen molar-refractivity contribution < 1.29 is 5.11 Å². The number of aliphatic hydroxyl groups is 1. The smallest absolute Gasteiger partial charge is 0.151 e. The Hall–Kier alpha value is -1.29. The van der Waals surface area contributed by atoms with Crippen LogP contribution in [0.1, 0.15) is 39.0 Å². The molecule has 1 aromatic heterocycles. The van der Waals surface area contributed by atoms with Gasteiger partial charge in [0.1, 0.15) is 0 Å². The first-order chi connectivity index (χ1) is 9.74. The quantitative estimate of drug-likeness (QED) is 0.890. The highest BCUT2D eigenvalue weighted by atomic mass is 16.3. The molecule has 4 heteroatoms. The van der Waals surface area contributed by atoms with Crippen molar-refractivity contribution in [1.82, 2.24) is 4.98 Å². The zero-order valence-electron chi connectivity index (χ0n) is 12.3. The highest BCUT2D eigenvalue weighted by Crippen LogP contribution is 2.32. The van der Waals surface area contributed by atoms with Gasteiger partial charge in [-0.05, 0) is 43.7 Å². The highest BCUT2D eigenvalue weighted by molar-refractivity contribution is 5.66. The van der Waals surface area contributed by atoms with Gasteiger partial charge in [-0.2, -0.15) is 0 Å². The van der Waals surface area contributed by atoms with Crippen LogP contribution in [-0.4, -0.2) is 35.3 Å². The molecule has 1 saturated heterocycles. The fourth-order valence-corrected chi connectivity index (χ4v) is 3.40. The lowest BCUT2D eigenvalue weighted by Gasteiger charge is -2.32. The molecule has 20 heavy (non-hydrogen) atoms. The van der Waals surface area contributed by atoms with Crippen molar-refractivity contribution in [1.29, 1.82) is 0 Å². The normalized spacial score (nSPS) is 27.8. The average molecular weight is 275 g/mol. The number of hydrogen-bond acceptors (Lipinski definition) is 4. The van der Waals surface area contributed by atoms with Gasteiger partial charge in [0.25, 0.3) is 0 Å². The van der Waals surface area contributed by atoms with E-state index in [4.69, 9.17) is 0 Å². The van der Waals surface area contributed by atoms with Crippen LogP contribution >= 0.6 is 0 Å². The van der Waals surface area contributed by atoms with E-state index in [0.717, 1.165) is 43.4 Å². The van der Waals surface area contributed by atoms with Gasteiger partial charge in [-0.1, -0.05) is 13.3 Å². The number of nitrogens with one attached hydrogen (secondary N) is 1. The van der Waals surface area contributed by atoms with Gasteiger partial charge in [0, 0.05) is 25.3 Å². The van der Waals surface area contributed by atoms with Crippen LogP contribution in [0, 0.1) is 5.92 Å². The molecule has 1 aliphatic heterocycles. The zero-order chi connectivity index (χ0) is 13.9. The highest BCUT2D eigenvalue weighted by Gasteiger charge is 2.25. The third kappa shape index (κ3) is 2.90. The monoisotopic (exact) mass is 275 g/mol. The molecule has 2 unspecified atom stereocenters. The SMILES string of the molecule is CC1CCCC1Nc1cccnc1N1CCC(O)CC1. The summed E-state index contributed by atoms with van der Waals surface area (Å²) in [4.78, 5) is 6.88. The number of nitrogens with zero attached hydrogens (tertiary/aromatic N) is 2. The van der Waals surface area contributed by atoms with Crippen LogP contribution in [0.25, 0.3) is 0 Å². The maximum atomic E-state index is 9.64. The molecule has 2 heterocycles. The lowest BCUT2D eigenvalue weighted by Crippen LogP contribution is -2.37. The first kappa shape index (κ1) is 13.7. The van der Waals surface area contributed by atoms with Gasteiger partial charge in [0.05, 0.1) is 11.8 Å². The summed E-state index contributed by atoms with van der Waals surface area (Å²) in [7, 11) is 0. The number of rotatable bonds is 3. The van der Waals surface area contributed by atoms with Gasteiger partial charge in [-0.15, -0.1) is 0 Å². The summed E-state index contributed by atoms with van der Waals surface area (Å²) in [6, 6.07) is 4.72. The Morgan fingerprint density at radius 1 is 1.25 bits per heavy atom. The number of piperidine rings is 1. The van der Waals surface area contributed by atoms with Crippen LogP contribution in [0.4, 0.5) is 11.5 Å². The van der Waals surface area contributed by atoms with E-state index in [0.29, 0.717) is 6.04 Å². The van der Waals surface area contributed by atoms with E-state index >= 15 is 0 Å². The second kappa shape index (κ2) is 6.00. The molecule has 0 radical (unpaired) electrons. The third-order valence-electron chi connectivity index (χ3n) is 4.75. The van der Waals surface area contributed by atoms with Crippen LogP contribution in [0.3, 0.4) is 0 Å². The maximum absolute atomic E-state index is 9.64. The summed E-state index contributed by atoms with van der Waals surface area (Å²) in [5.74, 6) is 1.80. The minimum Gasteiger partial charge on any atom is -0.393 e. The summed E-state index contributed by atoms with van der Waals surface area (Å²) < 4.78 is 0. The summed E-state index contributed by atoms with van der Waals surface area (Å²) in [5.41, 5.74) is 1.16. The van der Waals surface area contributed by atoms with Crippen LogP contribution in [-0.2, 0) is 0 Å². The predicted octanol–water partition coefficient (Wildman–Crippen LogP) is 2.64. The van der Waals surface area contributed by atoms with Crippen molar-refractivity contribution in [3.8, 4) is 0 Å². The molecule has 0 spiro atoms. The second-order valence-corrected chi connectivity index (χ2v) is 6.25. The fourth-order valence-electron chi connectivity index (χ4n) is 3.40. The van der Waals surface area contributed by atoms with Gasteiger partial charge >= 0.3 is 0 Å². The molecule has 2 fully saturated rings. The van der Waals surface area contributed by atoms with E-state index < -0.39 is 0 Å². The first-order valence-corrected chi connectivity index (χ1v) is 7.88. The fraction of sp³-hybridized carbons (Fsp3) is 0.688. The van der Waals surface area contributed by atoms with Crippen molar-refractivity contribution in [2.24, 2.45) is 5.92 Å². The topological polar surface area (TPSA) is 48.4 Å². The molecule has 0 amide bonds. The average Bonchev–Trinajstić information content (AvgIpc) is 2.86. The van der Waals surface area contributed by atoms with Crippen molar-refractivity contribution in [2.45, 2.75) is 51.2 Å². The Balaban J connectivity index is 1.74. The van der Waals surface area contributed by atoms with E-state index in [2.05, 4.69) is 28.2 Å². The van der Waals surface area contributed by atoms with Crippen molar-refractivity contribution in [2.75, 3.05) is 23.3 Å². The lowest BCUT2D eigenvalue weighted by molar-refractivity contribution is 0.145. The standard InChI is InChI=1S/C16H25N3O/c1-12-4-2-5-14(12)18-15-6-3-9-17-16(15)19-10-7-13(20)8-11-19/h3,6,9,12-14,18,20H,2,4-5,7-8,10-11H2,1H3. The van der Waals surface area contributed by atoms with E-state index in [1.807, 2.05) is 12.3 Å². The van der Waals surface area contributed by atoms with E-state index in [1.165, 1.54) is 19.3 Å². The summed E-state index contributed by atoms with van der Waals surface area (Å²) in [6.45, 7) is 4.12. The Morgan fingerprint density at radius 3 is 2.75 bits per heavy atom. The molecule has 3 rings (SSSR count). The molecular weight excluding hydrogens is 250 g/mol. The summed E-state index contributed by atoms with van der Waals surface area (Å²) >= 11 is 0. The number of aromatic nitrogens is 1. The summed E-state index contributed by atoms with van der Waals surface area (Å²) in [6.07, 6.45) is 7.32. The van der Waals surface area contributed by atoms with Crippen molar-refractivity contribution >= 4 is 11.5 Å². The molecule has 2 atom stereocenters. The predicted molar refractivity (Wildman–Crippen MR) is 82.1 cm³/mol. The van der Waals surface area contributed by atoms with Crippen LogP contribution in [0.2, 0.25) is 0 Å². The minimum atomic E-state index is -0.138. The van der Waals surface area contributed by atoms with Crippen molar-refractivity contribution in [3.05, 3.63) is 18.3 Å². The molecule has 4 nitrogen and oxygen atoms in total. The van der Waals surface area contributed by atoms with Crippen LogP contribution < -0.4 is 10.2 Å². The van der Waals surface area contributed by atoms with Crippen LogP contribution in [0.5, 0.6) is 0 Å². The van der Waals surface area contributed by atoms with Gasteiger partial charge in [0.15, 0.2) is 5.82 Å². The number of anilines is 2. The molecule has 2 aliphatic rings. The molecule has 0 aromatic carbocycles. The molecule has 2 N–H and O–H groups in total. The Labute approximate surface area is 121 Å². The second-order valence-electron chi connectivity index (χ2n) is 6.25. The first-order valence-electron chi connectivity index (χ1n) is 7.88. The Bertz CT molecular complexity index is 443. The third-order valence-corrected chi connectivity index (χ3v) is 4.75. The van der Waals surface area contributed by atoms with E-state index in [1.54, 1.807) is 0 Å². The Morgan fingerprint density at radius 2 is 2.05 bits per heavy atom. The molecule has 1 saturated carbocycles. The van der Waals surface area contributed by atoms with E-state index in [9.17, 15) is 5.11 Å². The molecule has 1 aliphatic carbocycles. The molecule has 110 valence electrons. The molecule has 1 aromatic rings. The zero-order valence-corrected chi connectivity index (χ0v) is 12.3. The number of pyridine rings is 1. The number of hydrogen-bond donors (Lipinski definition) is 2. The lowest BCUT2D eigenvalue weighted by atomic mass is 10.1. The maximum Gasteiger partial charge on any atom is 0.151 e. The van der Waals surface area contributed by atoms with Crippen molar-refractivity contribution in [3.63, 3.8) is 0 Å². The van der Waals surface area contributed by atoms with Gasteiger partial charge in [-0.3, -0.25) is 0 Å². The van der Waals surface area contributed by atoms with Gasteiger partial charge in [-0.25, -0.2) is 4.98 Å². The van der Waals surface area contributed by atoms with E-state index in [-0.39, 0.29) is 6.10 Å². The summed E-state index contributed by atoms with van der Waals surface area (Å²) in [5, 5.41) is 13.3. The minimum absolute atomic E-state index is 0.138. The van der Waals surface area contributed by atoms with Crippen LogP contribution in [0.15, 0.2) is 18.3 Å². The van der Waals surface area contributed by atoms with Gasteiger partial charge in [0.2, 0.25) is 0 Å². The number of aliphatic hydroxyl groups excluding tert-OH is 1.